The molecule has 0 saturated carbocycles. The summed E-state index contributed by atoms with van der Waals surface area (Å²) in [5, 5.41) is 0.382. The van der Waals surface area contributed by atoms with Crippen LogP contribution < -0.4 is 20.9 Å². The Morgan fingerprint density at radius 1 is 1.14 bits per heavy atom. The summed E-state index contributed by atoms with van der Waals surface area (Å²) >= 11 is 6.42. The molecule has 1 aliphatic rings. The molecule has 35 heavy (non-hydrogen) atoms. The SMILES string of the molecule is COCCOc1nc(N)c2[nH]c(=O)n(Cc3cnc(OCCCN4CCN(C)CC4)c(Cl)c3)c2n1. The lowest BCUT2D eigenvalue weighted by Crippen LogP contribution is -2.44. The van der Waals surface area contributed by atoms with Gasteiger partial charge in [-0.1, -0.05) is 11.6 Å². The summed E-state index contributed by atoms with van der Waals surface area (Å²) in [5.74, 6) is 0.496. The molecule has 3 aromatic heterocycles. The molecule has 0 bridgehead atoms. The van der Waals surface area contributed by atoms with E-state index in [1.807, 2.05) is 0 Å². The Kier molecular flexibility index (Phi) is 8.39. The third-order valence-electron chi connectivity index (χ3n) is 5.81. The van der Waals surface area contributed by atoms with Crippen LogP contribution in [0.5, 0.6) is 11.9 Å². The number of nitrogens with one attached hydrogen (secondary N) is 1. The minimum atomic E-state index is -0.379. The number of imidazole rings is 1. The standard InChI is InChI=1S/C22H31ClN8O4/c1-29-5-7-30(8-6-29)4-3-9-34-20-16(23)12-15(13-25-20)14-31-19-17(26-22(31)32)18(24)27-21(28-19)35-11-10-33-2/h12-13H,3-11,14H2,1-2H3,(H,26,32)(H2,24,27,28). The average molecular weight is 507 g/mol. The van der Waals surface area contributed by atoms with Gasteiger partial charge in [0.15, 0.2) is 11.5 Å². The zero-order valence-electron chi connectivity index (χ0n) is 20.0. The molecule has 4 rings (SSSR count). The Hall–Kier alpha value is -2.93. The average Bonchev–Trinajstić information content (AvgIpc) is 3.15. The van der Waals surface area contributed by atoms with Gasteiger partial charge in [0.1, 0.15) is 17.1 Å². The summed E-state index contributed by atoms with van der Waals surface area (Å²) in [4.78, 5) is 32.8. The molecule has 0 aliphatic carbocycles. The van der Waals surface area contributed by atoms with Crippen LogP contribution in [0.25, 0.3) is 11.2 Å². The van der Waals surface area contributed by atoms with E-state index in [0.717, 1.165) is 39.1 Å². The first-order valence-corrected chi connectivity index (χ1v) is 11.9. The Bertz CT molecular complexity index is 1190. The molecule has 12 nitrogen and oxygen atoms in total. The zero-order valence-corrected chi connectivity index (χ0v) is 20.8. The molecule has 1 aliphatic heterocycles. The fraction of sp³-hybridized carbons (Fsp3) is 0.545. The lowest BCUT2D eigenvalue weighted by atomic mass is 10.3. The second-order valence-electron chi connectivity index (χ2n) is 8.43. The highest BCUT2D eigenvalue weighted by Gasteiger charge is 2.16. The largest absolute Gasteiger partial charge is 0.477 e. The number of H-pyrrole nitrogens is 1. The maximum absolute atomic E-state index is 12.6. The molecule has 0 atom stereocenters. The number of aromatic nitrogens is 5. The molecule has 0 amide bonds. The van der Waals surface area contributed by atoms with E-state index >= 15 is 0 Å². The van der Waals surface area contributed by atoms with Crippen LogP contribution in [-0.4, -0.2) is 101 Å². The summed E-state index contributed by atoms with van der Waals surface area (Å²) in [6.07, 6.45) is 2.53. The number of nitrogens with two attached hydrogens (primary N) is 1. The van der Waals surface area contributed by atoms with E-state index in [9.17, 15) is 4.79 Å². The van der Waals surface area contributed by atoms with Gasteiger partial charge in [-0.05, 0) is 25.1 Å². The van der Waals surface area contributed by atoms with Gasteiger partial charge in [-0.2, -0.15) is 9.97 Å². The number of halogens is 1. The molecule has 190 valence electrons. The minimum absolute atomic E-state index is 0.0660. The number of ether oxygens (including phenoxy) is 3. The number of nitrogen functional groups attached to an aromatic ring is 1. The third-order valence-corrected chi connectivity index (χ3v) is 6.08. The Labute approximate surface area is 208 Å². The predicted octanol–water partition coefficient (Wildman–Crippen LogP) is 0.840. The molecule has 0 spiro atoms. The molecule has 0 aromatic carbocycles. The van der Waals surface area contributed by atoms with Crippen LogP contribution in [-0.2, 0) is 11.3 Å². The van der Waals surface area contributed by atoms with Gasteiger partial charge in [0.2, 0.25) is 5.88 Å². The van der Waals surface area contributed by atoms with Crippen molar-refractivity contribution in [1.29, 1.82) is 0 Å². The first-order valence-electron chi connectivity index (χ1n) is 11.5. The van der Waals surface area contributed by atoms with Gasteiger partial charge in [-0.25, -0.2) is 9.78 Å². The van der Waals surface area contributed by atoms with Gasteiger partial charge in [0.05, 0.1) is 19.8 Å². The van der Waals surface area contributed by atoms with Crippen molar-refractivity contribution < 1.29 is 14.2 Å². The third kappa shape index (κ3) is 6.40. The zero-order chi connectivity index (χ0) is 24.8. The second kappa shape index (κ2) is 11.7. The highest BCUT2D eigenvalue weighted by Crippen LogP contribution is 2.24. The molecule has 3 aromatic rings. The normalized spacial score (nSPS) is 15.1. The predicted molar refractivity (Wildman–Crippen MR) is 132 cm³/mol. The highest BCUT2D eigenvalue weighted by atomic mass is 35.5. The summed E-state index contributed by atoms with van der Waals surface area (Å²) in [6, 6.07) is 1.80. The Morgan fingerprint density at radius 3 is 2.69 bits per heavy atom. The van der Waals surface area contributed by atoms with Crippen LogP contribution in [0.1, 0.15) is 12.0 Å². The van der Waals surface area contributed by atoms with Crippen LogP contribution in [0.3, 0.4) is 0 Å². The maximum atomic E-state index is 12.6. The molecule has 1 saturated heterocycles. The lowest BCUT2D eigenvalue weighted by molar-refractivity contribution is 0.141. The van der Waals surface area contributed by atoms with Crippen LogP contribution in [0.2, 0.25) is 5.02 Å². The number of piperazine rings is 1. The van der Waals surface area contributed by atoms with E-state index in [4.69, 9.17) is 31.5 Å². The molecule has 0 radical (unpaired) electrons. The molecule has 4 heterocycles. The number of methoxy groups -OCH3 is 1. The van der Waals surface area contributed by atoms with Crippen molar-refractivity contribution in [3.63, 3.8) is 0 Å². The smallest absolute Gasteiger partial charge is 0.328 e. The van der Waals surface area contributed by atoms with Gasteiger partial charge in [-0.15, -0.1) is 0 Å². The molecule has 0 unspecified atom stereocenters. The van der Waals surface area contributed by atoms with Crippen molar-refractivity contribution in [2.24, 2.45) is 0 Å². The highest BCUT2D eigenvalue weighted by molar-refractivity contribution is 6.31. The number of aromatic amines is 1. The topological polar surface area (TPSA) is 137 Å². The molecule has 1 fully saturated rings. The molecule has 3 N–H and O–H groups in total. The van der Waals surface area contributed by atoms with Crippen molar-refractivity contribution in [3.8, 4) is 11.9 Å². The van der Waals surface area contributed by atoms with Crippen LogP contribution in [0.4, 0.5) is 5.82 Å². The van der Waals surface area contributed by atoms with E-state index < -0.39 is 0 Å². The Morgan fingerprint density at radius 2 is 1.94 bits per heavy atom. The van der Waals surface area contributed by atoms with Gasteiger partial charge in [-0.3, -0.25) is 4.57 Å². The van der Waals surface area contributed by atoms with Crippen molar-refractivity contribution >= 4 is 28.6 Å². The van der Waals surface area contributed by atoms with Gasteiger partial charge < -0.3 is 34.7 Å². The van der Waals surface area contributed by atoms with Gasteiger partial charge in [0, 0.05) is 46.0 Å². The number of fused-ring (bicyclic) bond motifs is 1. The molecule has 13 heteroatoms. The Balaban J connectivity index is 1.39. The van der Waals surface area contributed by atoms with Crippen molar-refractivity contribution in [1.82, 2.24) is 34.3 Å². The first-order chi connectivity index (χ1) is 16.9. The van der Waals surface area contributed by atoms with Crippen LogP contribution >= 0.6 is 11.6 Å². The number of hydrogen-bond acceptors (Lipinski definition) is 10. The number of pyridine rings is 1. The van der Waals surface area contributed by atoms with Gasteiger partial charge in [0.25, 0.3) is 0 Å². The minimum Gasteiger partial charge on any atom is -0.477 e. The fourth-order valence-corrected chi connectivity index (χ4v) is 4.07. The van der Waals surface area contributed by atoms with Crippen LogP contribution in [0.15, 0.2) is 17.1 Å². The number of rotatable bonds is 11. The summed E-state index contributed by atoms with van der Waals surface area (Å²) in [6.45, 7) is 6.67. The second-order valence-corrected chi connectivity index (χ2v) is 8.83. The van der Waals surface area contributed by atoms with Crippen molar-refractivity contribution in [3.05, 3.63) is 33.3 Å². The maximum Gasteiger partial charge on any atom is 0.328 e. The number of anilines is 1. The van der Waals surface area contributed by atoms with E-state index in [0.29, 0.717) is 40.8 Å². The molecular formula is C22H31ClN8O4. The fourth-order valence-electron chi connectivity index (χ4n) is 3.83. The van der Waals surface area contributed by atoms with E-state index in [2.05, 4.69) is 36.8 Å². The molecular weight excluding hydrogens is 476 g/mol. The first kappa shape index (κ1) is 25.2. The number of likely N-dealkylation sites (N-methyl/N-ethyl adjacent to an activating group) is 1. The lowest BCUT2D eigenvalue weighted by Gasteiger charge is -2.32. The number of nitrogens with zero attached hydrogens (tertiary/aromatic N) is 6. The van der Waals surface area contributed by atoms with Crippen molar-refractivity contribution in [2.45, 2.75) is 13.0 Å². The van der Waals surface area contributed by atoms with Gasteiger partial charge >= 0.3 is 11.7 Å². The number of hydrogen-bond donors (Lipinski definition) is 2. The van der Waals surface area contributed by atoms with E-state index in [1.54, 1.807) is 19.4 Å². The van der Waals surface area contributed by atoms with E-state index in [-0.39, 0.29) is 30.7 Å². The quantitative estimate of drug-likeness (QED) is 0.360. The summed E-state index contributed by atoms with van der Waals surface area (Å²) in [7, 11) is 3.71. The van der Waals surface area contributed by atoms with Crippen molar-refractivity contribution in [2.75, 3.05) is 72.4 Å². The van der Waals surface area contributed by atoms with Crippen LogP contribution in [0, 0.1) is 0 Å². The monoisotopic (exact) mass is 506 g/mol. The summed E-state index contributed by atoms with van der Waals surface area (Å²) in [5.41, 5.74) is 6.99. The summed E-state index contributed by atoms with van der Waals surface area (Å²) < 4.78 is 17.7. The van der Waals surface area contributed by atoms with E-state index in [1.165, 1.54) is 4.57 Å².